The van der Waals surface area contributed by atoms with Gasteiger partial charge < -0.3 is 24.5 Å². The highest BCUT2D eigenvalue weighted by Crippen LogP contribution is 2.37. The number of hydrogen-bond acceptors (Lipinski definition) is 8. The molecule has 4 unspecified atom stereocenters. The van der Waals surface area contributed by atoms with Crippen LogP contribution in [-0.4, -0.2) is 67.5 Å². The van der Waals surface area contributed by atoms with Crippen LogP contribution in [0.1, 0.15) is 97.9 Å². The first-order chi connectivity index (χ1) is 24.1. The van der Waals surface area contributed by atoms with Crippen LogP contribution < -0.4 is 20.5 Å². The summed E-state index contributed by atoms with van der Waals surface area (Å²) < 4.78 is 17.8. The highest BCUT2D eigenvalue weighted by atomic mass is 28.4. The summed E-state index contributed by atoms with van der Waals surface area (Å²) in [6.45, 7) is 25.6. The molecule has 2 aromatic carbocycles. The van der Waals surface area contributed by atoms with Gasteiger partial charge in [0.15, 0.2) is 0 Å². The van der Waals surface area contributed by atoms with E-state index in [1.807, 2.05) is 48.5 Å². The van der Waals surface area contributed by atoms with Crippen LogP contribution in [0.25, 0.3) is 6.08 Å². The molecular weight excluding hydrogens is 677 g/mol. The number of alkyl carbamates (subject to hydrolysis) is 1. The summed E-state index contributed by atoms with van der Waals surface area (Å²) in [5.41, 5.74) is 4.84. The fraction of sp³-hybridized carbons (Fsp3) is 0.550. The fourth-order valence-corrected chi connectivity index (χ4v) is 6.44. The van der Waals surface area contributed by atoms with Crippen LogP contribution in [0.5, 0.6) is 5.75 Å². The number of carbonyl (C=O) groups excluding carboxylic acids is 4. The van der Waals surface area contributed by atoms with Gasteiger partial charge in [-0.2, -0.15) is 0 Å². The molecule has 0 aliphatic carbocycles. The maximum Gasteiger partial charge on any atom is 0.408 e. The Morgan fingerprint density at radius 2 is 1.67 bits per heavy atom. The molecule has 3 amide bonds. The topological polar surface area (TPSA) is 135 Å². The van der Waals surface area contributed by atoms with Gasteiger partial charge >= 0.3 is 12.1 Å². The number of amides is 3. The first-order valence-electron chi connectivity index (χ1n) is 18.2. The predicted octanol–water partition coefficient (Wildman–Crippen LogP) is 7.09. The molecule has 1 aliphatic rings. The minimum absolute atomic E-state index is 0.0203. The van der Waals surface area contributed by atoms with Gasteiger partial charge in [-0.25, -0.2) is 10.2 Å². The number of carbonyl (C=O) groups is 4. The van der Waals surface area contributed by atoms with Crippen molar-refractivity contribution in [1.29, 1.82) is 0 Å². The lowest BCUT2D eigenvalue weighted by molar-refractivity contribution is -0.157. The molecule has 4 atom stereocenters. The van der Waals surface area contributed by atoms with Gasteiger partial charge in [0.05, 0.1) is 0 Å². The molecule has 0 radical (unpaired) electrons. The first kappa shape index (κ1) is 42.3. The Kier molecular flexibility index (Phi) is 14.3. The van der Waals surface area contributed by atoms with Gasteiger partial charge in [-0.15, -0.1) is 0 Å². The predicted molar refractivity (Wildman–Crippen MR) is 207 cm³/mol. The lowest BCUT2D eigenvalue weighted by atomic mass is 10.0. The zero-order valence-corrected chi connectivity index (χ0v) is 33.9. The van der Waals surface area contributed by atoms with Gasteiger partial charge in [0, 0.05) is 13.0 Å². The summed E-state index contributed by atoms with van der Waals surface area (Å²) in [5, 5.41) is 6.96. The van der Waals surface area contributed by atoms with Crippen LogP contribution in [0.15, 0.2) is 55.1 Å². The third-order valence-corrected chi connectivity index (χ3v) is 13.8. The lowest BCUT2D eigenvalue weighted by Gasteiger charge is -2.37. The summed E-state index contributed by atoms with van der Waals surface area (Å²) in [6.07, 6.45) is 1.64. The number of benzene rings is 2. The molecule has 2 aromatic rings. The molecular formula is C40H60N4O7Si. The molecule has 286 valence electrons. The number of hydrogen-bond donors (Lipinski definition) is 3. The van der Waals surface area contributed by atoms with Crippen molar-refractivity contribution in [3.05, 3.63) is 71.8 Å². The quantitative estimate of drug-likeness (QED) is 0.147. The zero-order valence-electron chi connectivity index (χ0n) is 32.9. The Balaban J connectivity index is 1.86. The second kappa shape index (κ2) is 17.6. The summed E-state index contributed by atoms with van der Waals surface area (Å²) in [4.78, 5) is 54.2. The molecule has 0 saturated carbocycles. The number of rotatable bonds is 13. The molecule has 11 nitrogen and oxygen atoms in total. The van der Waals surface area contributed by atoms with Crippen molar-refractivity contribution in [3.8, 4) is 5.75 Å². The van der Waals surface area contributed by atoms with E-state index in [1.165, 1.54) is 5.01 Å². The SMILES string of the molecule is C=Cc1cccc(C(C)OC(=O)C2CCCN(C(=O)C(Cc3cccc(O[Si](C)(C)C(C)(C)C)c3)NC(=O)C(NC(=O)OC(C)(C)C)C(C)C)N2)c1. The van der Waals surface area contributed by atoms with E-state index in [1.54, 1.807) is 47.6 Å². The number of ether oxygens (including phenoxy) is 2. The van der Waals surface area contributed by atoms with Crippen molar-refractivity contribution >= 4 is 38.3 Å². The van der Waals surface area contributed by atoms with E-state index in [2.05, 4.69) is 56.5 Å². The van der Waals surface area contributed by atoms with E-state index in [0.29, 0.717) is 25.1 Å². The van der Waals surface area contributed by atoms with E-state index in [4.69, 9.17) is 13.9 Å². The van der Waals surface area contributed by atoms with Gasteiger partial charge in [-0.1, -0.05) is 77.6 Å². The summed E-state index contributed by atoms with van der Waals surface area (Å²) in [6, 6.07) is 12.4. The van der Waals surface area contributed by atoms with Crippen LogP contribution in [0.4, 0.5) is 4.79 Å². The van der Waals surface area contributed by atoms with Gasteiger partial charge in [-0.05, 0) is 99.5 Å². The Labute approximate surface area is 311 Å². The molecule has 12 heteroatoms. The monoisotopic (exact) mass is 736 g/mol. The van der Waals surface area contributed by atoms with Gasteiger partial charge in [-0.3, -0.25) is 19.4 Å². The van der Waals surface area contributed by atoms with E-state index in [0.717, 1.165) is 16.7 Å². The number of esters is 1. The molecule has 0 spiro atoms. The molecule has 1 heterocycles. The largest absolute Gasteiger partial charge is 0.543 e. The summed E-state index contributed by atoms with van der Waals surface area (Å²) in [5.74, 6) is -1.05. The van der Waals surface area contributed by atoms with Crippen molar-refractivity contribution in [2.24, 2.45) is 5.92 Å². The molecule has 0 bridgehead atoms. The van der Waals surface area contributed by atoms with Crippen LogP contribution in [0.3, 0.4) is 0 Å². The maximum atomic E-state index is 14.3. The van der Waals surface area contributed by atoms with E-state index < -0.39 is 62.0 Å². The highest BCUT2D eigenvalue weighted by Gasteiger charge is 2.39. The second-order valence-electron chi connectivity index (χ2n) is 16.4. The van der Waals surface area contributed by atoms with Crippen molar-refractivity contribution in [3.63, 3.8) is 0 Å². The smallest absolute Gasteiger partial charge is 0.408 e. The van der Waals surface area contributed by atoms with Crippen LogP contribution >= 0.6 is 0 Å². The Hall–Kier alpha value is -4.16. The molecule has 1 fully saturated rings. The standard InChI is InChI=1S/C40H60N4O7Si/c1-13-28-17-14-19-30(23-28)27(4)49-37(47)32-21-16-22-44(43-32)36(46)33(41-35(45)34(26(2)3)42-38(48)50-39(5,6)7)25-29-18-15-20-31(24-29)51-52(11,12)40(8,9)10/h13-15,17-20,23-24,26-27,32-34,43H,1,16,21-22,25H2,2-12H3,(H,41,45)(H,42,48). The van der Waals surface area contributed by atoms with Gasteiger partial charge in [0.2, 0.25) is 14.2 Å². The van der Waals surface area contributed by atoms with Crippen LogP contribution in [-0.2, 0) is 30.3 Å². The number of hydrazine groups is 1. The zero-order chi connectivity index (χ0) is 39.0. The van der Waals surface area contributed by atoms with Crippen molar-refractivity contribution in [2.45, 2.75) is 130 Å². The van der Waals surface area contributed by atoms with E-state index >= 15 is 0 Å². The first-order valence-corrected chi connectivity index (χ1v) is 21.1. The average molecular weight is 737 g/mol. The Morgan fingerprint density at radius 3 is 2.29 bits per heavy atom. The summed E-state index contributed by atoms with van der Waals surface area (Å²) >= 11 is 0. The highest BCUT2D eigenvalue weighted by molar-refractivity contribution is 6.74. The van der Waals surface area contributed by atoms with E-state index in [-0.39, 0.29) is 17.4 Å². The second-order valence-corrected chi connectivity index (χ2v) is 21.1. The van der Waals surface area contributed by atoms with Crippen molar-refractivity contribution < 1.29 is 33.1 Å². The molecule has 1 aliphatic heterocycles. The average Bonchev–Trinajstić information content (AvgIpc) is 3.05. The van der Waals surface area contributed by atoms with Crippen LogP contribution in [0, 0.1) is 5.92 Å². The van der Waals surface area contributed by atoms with Crippen molar-refractivity contribution in [1.82, 2.24) is 21.1 Å². The van der Waals surface area contributed by atoms with Gasteiger partial charge in [0.25, 0.3) is 5.91 Å². The molecule has 52 heavy (non-hydrogen) atoms. The third-order valence-electron chi connectivity index (χ3n) is 9.40. The van der Waals surface area contributed by atoms with Crippen LogP contribution in [0.2, 0.25) is 18.1 Å². The minimum atomic E-state index is -2.16. The van der Waals surface area contributed by atoms with Crippen molar-refractivity contribution in [2.75, 3.05) is 6.54 Å². The summed E-state index contributed by atoms with van der Waals surface area (Å²) in [7, 11) is -2.16. The number of nitrogens with zero attached hydrogens (tertiary/aromatic N) is 1. The molecule has 3 rings (SSSR count). The lowest BCUT2D eigenvalue weighted by Crippen LogP contribution is -2.62. The third kappa shape index (κ3) is 12.2. The number of nitrogens with one attached hydrogen (secondary N) is 3. The fourth-order valence-electron chi connectivity index (χ4n) is 5.42. The molecule has 0 aromatic heterocycles. The maximum absolute atomic E-state index is 14.3. The Bertz CT molecular complexity index is 1580. The molecule has 3 N–H and O–H groups in total. The Morgan fingerprint density at radius 1 is 1.00 bits per heavy atom. The van der Waals surface area contributed by atoms with Gasteiger partial charge in [0.1, 0.15) is 35.6 Å². The normalized spacial score (nSPS) is 17.0. The van der Waals surface area contributed by atoms with E-state index in [9.17, 15) is 19.2 Å². The minimum Gasteiger partial charge on any atom is -0.543 e. The molecule has 1 saturated heterocycles.